The average Bonchev–Trinajstić information content (AvgIpc) is 2.99. The maximum Gasteiger partial charge on any atom is 0.228 e. The van der Waals surface area contributed by atoms with Gasteiger partial charge >= 0.3 is 0 Å². The van der Waals surface area contributed by atoms with Crippen LogP contribution in [0.1, 0.15) is 12.0 Å². The first-order valence-electron chi connectivity index (χ1n) is 8.64. The van der Waals surface area contributed by atoms with Gasteiger partial charge in [0.1, 0.15) is 10.9 Å². The van der Waals surface area contributed by atoms with E-state index in [4.69, 9.17) is 0 Å². The van der Waals surface area contributed by atoms with E-state index in [9.17, 15) is 9.59 Å². The second-order valence-electron chi connectivity index (χ2n) is 7.00. The van der Waals surface area contributed by atoms with Gasteiger partial charge in [-0.2, -0.15) is 0 Å². The number of carbonyl (C=O) groups is 1. The number of aryl methyl sites for hydroxylation is 1. The summed E-state index contributed by atoms with van der Waals surface area (Å²) in [4.78, 5) is 34.6. The van der Waals surface area contributed by atoms with Crippen LogP contribution in [0.25, 0.3) is 22.2 Å². The van der Waals surface area contributed by atoms with Crippen LogP contribution in [-0.4, -0.2) is 28.1 Å². The van der Waals surface area contributed by atoms with E-state index in [0.717, 1.165) is 33.5 Å². The van der Waals surface area contributed by atoms with Crippen molar-refractivity contribution in [1.82, 2.24) is 9.55 Å². The first-order chi connectivity index (χ1) is 13.0. The number of rotatable bonds is 1. The molecule has 27 heavy (non-hydrogen) atoms. The maximum absolute atomic E-state index is 13.4. The Hall–Kier alpha value is -2.12. The Kier molecular flexibility index (Phi) is 3.58. The predicted octanol–water partition coefficient (Wildman–Crippen LogP) is 3.06. The summed E-state index contributed by atoms with van der Waals surface area (Å²) in [6.45, 7) is 0.545. The van der Waals surface area contributed by atoms with Crippen molar-refractivity contribution < 1.29 is 4.79 Å². The third-order valence-corrected chi connectivity index (χ3v) is 7.16. The van der Waals surface area contributed by atoms with Gasteiger partial charge in [-0.05, 0) is 40.7 Å². The zero-order valence-electron chi connectivity index (χ0n) is 14.8. The molecule has 1 atom stereocenters. The molecule has 0 bridgehead atoms. The van der Waals surface area contributed by atoms with Gasteiger partial charge in [0.25, 0.3) is 0 Å². The molecular formula is C20H16BrN3O2S. The molecule has 1 N–H and O–H groups in total. The summed E-state index contributed by atoms with van der Waals surface area (Å²) in [5, 5.41) is 1.52. The predicted molar refractivity (Wildman–Crippen MR) is 112 cm³/mol. The molecule has 0 fully saturated rings. The lowest BCUT2D eigenvalue weighted by Gasteiger charge is -2.38. The van der Waals surface area contributed by atoms with Gasteiger partial charge in [0, 0.05) is 47.4 Å². The fourth-order valence-electron chi connectivity index (χ4n) is 4.50. The average molecular weight is 442 g/mol. The molecule has 0 radical (unpaired) electrons. The summed E-state index contributed by atoms with van der Waals surface area (Å²) < 4.78 is 2.42. The van der Waals surface area contributed by atoms with Crippen molar-refractivity contribution in [2.75, 3.05) is 12.8 Å². The number of hydrogen-bond donors (Lipinski definition) is 1. The van der Waals surface area contributed by atoms with Gasteiger partial charge < -0.3 is 9.55 Å². The molecule has 1 unspecified atom stereocenters. The minimum absolute atomic E-state index is 0.0423. The molecule has 5 nitrogen and oxygen atoms in total. The van der Waals surface area contributed by atoms with E-state index in [1.165, 1.54) is 0 Å². The number of nitrogens with zero attached hydrogens (tertiary/aromatic N) is 2. The Balaban J connectivity index is 2.01. The number of carbonyl (C=O) groups excluding carboxylic acids is 1. The number of aromatic amines is 1. The van der Waals surface area contributed by atoms with E-state index in [2.05, 4.69) is 25.9 Å². The van der Waals surface area contributed by atoms with Crippen molar-refractivity contribution >= 4 is 44.4 Å². The molecule has 2 aliphatic carbocycles. The summed E-state index contributed by atoms with van der Waals surface area (Å²) in [5.41, 5.74) is 2.83. The Morgan fingerprint density at radius 2 is 2.19 bits per heavy atom. The van der Waals surface area contributed by atoms with E-state index in [1.807, 2.05) is 42.4 Å². The number of aromatic nitrogens is 2. The molecule has 136 valence electrons. The summed E-state index contributed by atoms with van der Waals surface area (Å²) in [6.07, 6.45) is 10.2. The van der Waals surface area contributed by atoms with Crippen LogP contribution in [0.4, 0.5) is 0 Å². The quantitative estimate of drug-likeness (QED) is 0.630. The lowest BCUT2D eigenvalue weighted by Crippen LogP contribution is -2.45. The van der Waals surface area contributed by atoms with Crippen LogP contribution in [0.3, 0.4) is 0 Å². The van der Waals surface area contributed by atoms with E-state index < -0.39 is 5.41 Å². The monoisotopic (exact) mass is 441 g/mol. The van der Waals surface area contributed by atoms with Crippen LogP contribution in [-0.2, 0) is 17.3 Å². The van der Waals surface area contributed by atoms with Crippen molar-refractivity contribution in [1.29, 1.82) is 0 Å². The molecular weight excluding hydrogens is 426 g/mol. The fraction of sp³-hybridized carbons (Fsp3) is 0.250. The number of thioether (sulfide) groups is 1. The number of ketones is 1. The van der Waals surface area contributed by atoms with Crippen LogP contribution in [0, 0.1) is 0 Å². The normalized spacial score (nSPS) is 22.1. The molecule has 0 saturated carbocycles. The molecule has 0 aromatic carbocycles. The van der Waals surface area contributed by atoms with Crippen LogP contribution in [0.5, 0.6) is 0 Å². The van der Waals surface area contributed by atoms with E-state index >= 15 is 0 Å². The van der Waals surface area contributed by atoms with Gasteiger partial charge in [0.2, 0.25) is 5.43 Å². The molecule has 2 aliphatic heterocycles. The zero-order chi connectivity index (χ0) is 18.9. The van der Waals surface area contributed by atoms with Crippen molar-refractivity contribution in [3.8, 4) is 11.3 Å². The van der Waals surface area contributed by atoms with Crippen LogP contribution >= 0.6 is 27.7 Å². The lowest BCUT2D eigenvalue weighted by atomic mass is 9.71. The highest BCUT2D eigenvalue weighted by atomic mass is 79.9. The number of fused-ring (bicyclic) bond motifs is 3. The van der Waals surface area contributed by atoms with Gasteiger partial charge in [0.05, 0.1) is 15.6 Å². The van der Waals surface area contributed by atoms with Gasteiger partial charge in [-0.25, -0.2) is 0 Å². The Morgan fingerprint density at radius 3 is 2.96 bits per heavy atom. The highest BCUT2D eigenvalue weighted by molar-refractivity contribution is 9.12. The molecule has 3 heterocycles. The largest absolute Gasteiger partial charge is 0.361 e. The second-order valence-corrected chi connectivity index (χ2v) is 8.70. The summed E-state index contributed by atoms with van der Waals surface area (Å²) in [6, 6.07) is 1.98. The number of nitrogens with one attached hydrogen (secondary N) is 1. The smallest absolute Gasteiger partial charge is 0.228 e. The van der Waals surface area contributed by atoms with Crippen LogP contribution in [0.15, 0.2) is 49.8 Å². The third-order valence-electron chi connectivity index (χ3n) is 5.62. The highest BCUT2D eigenvalue weighted by Crippen LogP contribution is 2.49. The highest BCUT2D eigenvalue weighted by Gasteiger charge is 2.44. The number of pyridine rings is 1. The number of halogens is 1. The van der Waals surface area contributed by atoms with Gasteiger partial charge in [-0.15, -0.1) is 11.8 Å². The Bertz CT molecular complexity index is 1280. The summed E-state index contributed by atoms with van der Waals surface area (Å²) in [7, 11) is 1.89. The molecule has 1 aromatic heterocycles. The number of hydrogen-bond acceptors (Lipinski definition) is 4. The third kappa shape index (κ3) is 2.09. The minimum Gasteiger partial charge on any atom is -0.361 e. The Labute approximate surface area is 167 Å². The number of allylic oxidation sites excluding steroid dienone is 4. The molecule has 1 aromatic rings. The van der Waals surface area contributed by atoms with Crippen molar-refractivity contribution in [2.45, 2.75) is 11.8 Å². The first-order valence-corrected chi connectivity index (χ1v) is 10.7. The standard InChI is InChI=1S/C20H16BrN3O2S/c1-24-9-10-3-5-22-16-14(10)18(24)19(26)17-15(16)20(4-6-23-17)8-11(21)12(25)7-13(20)27-2/h3,5,7-9,22H,4,6H2,1-2H3. The fourth-order valence-corrected chi connectivity index (χ4v) is 5.86. The maximum atomic E-state index is 13.4. The second kappa shape index (κ2) is 5.69. The van der Waals surface area contributed by atoms with E-state index in [-0.39, 0.29) is 11.2 Å². The summed E-state index contributed by atoms with van der Waals surface area (Å²) in [5.74, 6) is -0.0423. The van der Waals surface area contributed by atoms with Crippen LogP contribution in [0.2, 0.25) is 0 Å². The summed E-state index contributed by atoms with van der Waals surface area (Å²) >= 11 is 4.99. The van der Waals surface area contributed by atoms with Crippen molar-refractivity contribution in [3.05, 3.63) is 61.1 Å². The van der Waals surface area contributed by atoms with Crippen molar-refractivity contribution in [3.63, 3.8) is 0 Å². The van der Waals surface area contributed by atoms with Crippen molar-refractivity contribution in [2.24, 2.45) is 12.0 Å². The first kappa shape index (κ1) is 17.0. The molecule has 0 amide bonds. The van der Waals surface area contributed by atoms with Gasteiger partial charge in [-0.1, -0.05) is 6.08 Å². The SMILES string of the molecule is CSC1=CC(=O)C(Br)=CC12CCN=c1c2c2[nH]ccc3cn(C)c(c3-2)c1=O. The Morgan fingerprint density at radius 1 is 1.37 bits per heavy atom. The molecule has 0 saturated heterocycles. The minimum atomic E-state index is -0.531. The number of H-pyrrole nitrogens is 1. The van der Waals surface area contributed by atoms with Gasteiger partial charge in [-0.3, -0.25) is 14.6 Å². The molecule has 5 rings (SSSR count). The van der Waals surface area contributed by atoms with E-state index in [0.29, 0.717) is 21.9 Å². The van der Waals surface area contributed by atoms with E-state index in [1.54, 1.807) is 17.8 Å². The molecule has 4 aliphatic rings. The topological polar surface area (TPSA) is 67.2 Å². The molecule has 1 spiro atoms. The van der Waals surface area contributed by atoms with Crippen LogP contribution < -0.4 is 10.8 Å². The molecule has 7 heteroatoms. The zero-order valence-corrected chi connectivity index (χ0v) is 17.2. The number of benzene rings is 1. The van der Waals surface area contributed by atoms with Gasteiger partial charge in [0.15, 0.2) is 5.78 Å². The lowest BCUT2D eigenvalue weighted by molar-refractivity contribution is -0.110.